The molecule has 1 fully saturated rings. The highest BCUT2D eigenvalue weighted by Crippen LogP contribution is 2.49. The first-order chi connectivity index (χ1) is 7.19. The van der Waals surface area contributed by atoms with Crippen LogP contribution in [0.15, 0.2) is 24.3 Å². The predicted molar refractivity (Wildman–Crippen MR) is 59.7 cm³/mol. The highest BCUT2D eigenvalue weighted by atomic mass is 16.5. The minimum Gasteiger partial charge on any atom is -0.487 e. The Hall–Kier alpha value is -1.02. The molecule has 2 N–H and O–H groups in total. The van der Waals surface area contributed by atoms with E-state index in [0.717, 1.165) is 23.7 Å². The van der Waals surface area contributed by atoms with Crippen molar-refractivity contribution in [1.29, 1.82) is 0 Å². The lowest BCUT2D eigenvalue weighted by atomic mass is 9.85. The van der Waals surface area contributed by atoms with Gasteiger partial charge in [0.15, 0.2) is 0 Å². The number of fused-ring (bicyclic) bond motifs is 1. The van der Waals surface area contributed by atoms with Crippen LogP contribution in [0.1, 0.15) is 37.8 Å². The molecule has 2 atom stereocenters. The molecular weight excluding hydrogens is 186 g/mol. The van der Waals surface area contributed by atoms with Gasteiger partial charge in [0.1, 0.15) is 11.4 Å². The van der Waals surface area contributed by atoms with Crippen molar-refractivity contribution in [2.75, 3.05) is 0 Å². The van der Waals surface area contributed by atoms with Crippen LogP contribution in [0, 0.1) is 5.92 Å². The van der Waals surface area contributed by atoms with Crippen LogP contribution in [0.2, 0.25) is 0 Å². The minimum absolute atomic E-state index is 0.0201. The highest BCUT2D eigenvalue weighted by molar-refractivity contribution is 5.38. The summed E-state index contributed by atoms with van der Waals surface area (Å²) < 4.78 is 6.13. The van der Waals surface area contributed by atoms with Crippen molar-refractivity contribution in [3.63, 3.8) is 0 Å². The molecule has 1 aliphatic heterocycles. The zero-order chi connectivity index (χ0) is 10.5. The lowest BCUT2D eigenvalue weighted by Gasteiger charge is -2.39. The summed E-state index contributed by atoms with van der Waals surface area (Å²) in [6.07, 6.45) is 3.55. The van der Waals surface area contributed by atoms with Gasteiger partial charge in [-0.25, -0.2) is 0 Å². The van der Waals surface area contributed by atoms with Crippen molar-refractivity contribution in [2.24, 2.45) is 11.7 Å². The number of hydrogen-bond acceptors (Lipinski definition) is 2. The maximum atomic E-state index is 6.21. The summed E-state index contributed by atoms with van der Waals surface area (Å²) in [7, 11) is 0. The Bertz CT molecular complexity index is 386. The normalized spacial score (nSPS) is 34.4. The van der Waals surface area contributed by atoms with E-state index in [4.69, 9.17) is 10.5 Å². The van der Waals surface area contributed by atoms with Crippen LogP contribution in [0.3, 0.4) is 0 Å². The van der Waals surface area contributed by atoms with Gasteiger partial charge >= 0.3 is 0 Å². The maximum absolute atomic E-state index is 6.21. The molecule has 1 aliphatic carbocycles. The standard InChI is InChI=1S/C13H17NO/c1-13(9-6-7-9)8-11(14)10-4-2-3-5-12(10)15-13/h2-5,9,11H,6-8,14H2,1H3/t11-,13?/m1/s1. The van der Waals surface area contributed by atoms with Crippen molar-refractivity contribution >= 4 is 0 Å². The summed E-state index contributed by atoms with van der Waals surface area (Å²) in [5.41, 5.74) is 7.35. The first-order valence-corrected chi connectivity index (χ1v) is 5.72. The SMILES string of the molecule is CC1(C2CC2)C[C@@H](N)c2ccccc2O1. The zero-order valence-corrected chi connectivity index (χ0v) is 9.07. The number of hydrogen-bond donors (Lipinski definition) is 1. The fourth-order valence-corrected chi connectivity index (χ4v) is 2.66. The molecule has 15 heavy (non-hydrogen) atoms. The molecule has 1 unspecified atom stereocenters. The van der Waals surface area contributed by atoms with Gasteiger partial charge in [-0.2, -0.15) is 0 Å². The first kappa shape index (κ1) is 9.22. The van der Waals surface area contributed by atoms with Gasteiger partial charge in [-0.05, 0) is 31.7 Å². The van der Waals surface area contributed by atoms with E-state index in [1.54, 1.807) is 0 Å². The van der Waals surface area contributed by atoms with Crippen LogP contribution in [-0.4, -0.2) is 5.60 Å². The van der Waals surface area contributed by atoms with Crippen LogP contribution in [0.4, 0.5) is 0 Å². The van der Waals surface area contributed by atoms with E-state index in [-0.39, 0.29) is 11.6 Å². The van der Waals surface area contributed by atoms with Crippen LogP contribution in [0.5, 0.6) is 5.75 Å². The Morgan fingerprint density at radius 2 is 2.07 bits per heavy atom. The third-order valence-electron chi connectivity index (χ3n) is 3.73. The second-order valence-corrected chi connectivity index (χ2v) is 5.04. The zero-order valence-electron chi connectivity index (χ0n) is 9.07. The van der Waals surface area contributed by atoms with Crippen molar-refractivity contribution in [3.8, 4) is 5.75 Å². The lowest BCUT2D eigenvalue weighted by molar-refractivity contribution is 0.0324. The molecule has 1 aromatic carbocycles. The molecule has 0 spiro atoms. The van der Waals surface area contributed by atoms with Gasteiger partial charge in [0.05, 0.1) is 0 Å². The number of ether oxygens (including phenoxy) is 1. The Morgan fingerprint density at radius 1 is 1.33 bits per heavy atom. The van der Waals surface area contributed by atoms with Crippen molar-refractivity contribution in [2.45, 2.75) is 37.8 Å². The smallest absolute Gasteiger partial charge is 0.124 e. The van der Waals surface area contributed by atoms with E-state index in [1.807, 2.05) is 18.2 Å². The predicted octanol–water partition coefficient (Wildman–Crippen LogP) is 2.64. The van der Waals surface area contributed by atoms with Gasteiger partial charge in [-0.15, -0.1) is 0 Å². The minimum atomic E-state index is -0.0201. The molecule has 1 aromatic rings. The number of para-hydroxylation sites is 1. The molecule has 0 aromatic heterocycles. The molecule has 1 saturated carbocycles. The molecule has 0 saturated heterocycles. The maximum Gasteiger partial charge on any atom is 0.124 e. The average Bonchev–Trinajstić information content (AvgIpc) is 3.00. The van der Waals surface area contributed by atoms with Crippen LogP contribution >= 0.6 is 0 Å². The highest BCUT2D eigenvalue weighted by Gasteiger charge is 2.47. The van der Waals surface area contributed by atoms with E-state index in [2.05, 4.69) is 13.0 Å². The Labute approximate surface area is 90.4 Å². The fourth-order valence-electron chi connectivity index (χ4n) is 2.66. The van der Waals surface area contributed by atoms with Gasteiger partial charge in [-0.1, -0.05) is 18.2 Å². The summed E-state index contributed by atoms with van der Waals surface area (Å²) in [4.78, 5) is 0. The van der Waals surface area contributed by atoms with Crippen molar-refractivity contribution < 1.29 is 4.74 Å². The molecule has 0 radical (unpaired) electrons. The molecule has 80 valence electrons. The monoisotopic (exact) mass is 203 g/mol. The van der Waals surface area contributed by atoms with Gasteiger partial charge in [0.25, 0.3) is 0 Å². The summed E-state index contributed by atoms with van der Waals surface area (Å²) in [5.74, 6) is 1.71. The Kier molecular flexibility index (Phi) is 1.84. The van der Waals surface area contributed by atoms with E-state index >= 15 is 0 Å². The summed E-state index contributed by atoms with van der Waals surface area (Å²) in [5, 5.41) is 0. The van der Waals surface area contributed by atoms with E-state index in [1.165, 1.54) is 12.8 Å². The summed E-state index contributed by atoms with van der Waals surface area (Å²) >= 11 is 0. The largest absolute Gasteiger partial charge is 0.487 e. The van der Waals surface area contributed by atoms with Gasteiger partial charge < -0.3 is 10.5 Å². The van der Waals surface area contributed by atoms with Gasteiger partial charge in [0, 0.05) is 18.0 Å². The van der Waals surface area contributed by atoms with Crippen LogP contribution < -0.4 is 10.5 Å². The Balaban J connectivity index is 1.98. The van der Waals surface area contributed by atoms with Gasteiger partial charge in [-0.3, -0.25) is 0 Å². The topological polar surface area (TPSA) is 35.2 Å². The lowest BCUT2D eigenvalue weighted by Crippen LogP contribution is -2.42. The average molecular weight is 203 g/mol. The Morgan fingerprint density at radius 3 is 2.80 bits per heavy atom. The number of rotatable bonds is 1. The third-order valence-corrected chi connectivity index (χ3v) is 3.73. The molecule has 1 heterocycles. The molecule has 3 rings (SSSR count). The second-order valence-electron chi connectivity index (χ2n) is 5.04. The first-order valence-electron chi connectivity index (χ1n) is 5.72. The fraction of sp³-hybridized carbons (Fsp3) is 0.538. The van der Waals surface area contributed by atoms with Crippen LogP contribution in [0.25, 0.3) is 0 Å². The quantitative estimate of drug-likeness (QED) is 0.761. The van der Waals surface area contributed by atoms with E-state index < -0.39 is 0 Å². The number of benzene rings is 1. The molecule has 2 aliphatic rings. The van der Waals surface area contributed by atoms with Gasteiger partial charge in [0.2, 0.25) is 0 Å². The second kappa shape index (κ2) is 2.99. The van der Waals surface area contributed by atoms with Crippen molar-refractivity contribution in [1.82, 2.24) is 0 Å². The summed E-state index contributed by atoms with van der Waals surface area (Å²) in [6, 6.07) is 8.30. The van der Waals surface area contributed by atoms with Crippen molar-refractivity contribution in [3.05, 3.63) is 29.8 Å². The summed E-state index contributed by atoms with van der Waals surface area (Å²) in [6.45, 7) is 2.21. The molecule has 0 bridgehead atoms. The molecular formula is C13H17NO. The van der Waals surface area contributed by atoms with E-state index in [9.17, 15) is 0 Å². The molecule has 2 heteroatoms. The molecule has 2 nitrogen and oxygen atoms in total. The van der Waals surface area contributed by atoms with E-state index in [0.29, 0.717) is 0 Å². The number of nitrogens with two attached hydrogens (primary N) is 1. The van der Waals surface area contributed by atoms with Crippen LogP contribution in [-0.2, 0) is 0 Å². The molecule has 0 amide bonds. The third kappa shape index (κ3) is 1.44.